The highest BCUT2D eigenvalue weighted by Crippen LogP contribution is 2.38. The van der Waals surface area contributed by atoms with Gasteiger partial charge >= 0.3 is 0 Å². The lowest BCUT2D eigenvalue weighted by Crippen LogP contribution is -2.45. The van der Waals surface area contributed by atoms with Gasteiger partial charge in [0, 0.05) is 18.0 Å². The van der Waals surface area contributed by atoms with Crippen LogP contribution in [0.4, 0.5) is 0 Å². The van der Waals surface area contributed by atoms with Crippen molar-refractivity contribution in [2.24, 2.45) is 0 Å². The van der Waals surface area contributed by atoms with Crippen LogP contribution in [-0.4, -0.2) is 19.6 Å². The molecular formula is C21H31NO3Si. The molecule has 1 atom stereocenters. The van der Waals surface area contributed by atoms with Crippen molar-refractivity contribution in [3.8, 4) is 5.75 Å². The molecule has 2 rings (SSSR count). The van der Waals surface area contributed by atoms with Crippen LogP contribution in [0.15, 0.2) is 47.9 Å². The zero-order valence-electron chi connectivity index (χ0n) is 16.6. The van der Waals surface area contributed by atoms with E-state index in [9.17, 15) is 4.79 Å². The lowest BCUT2D eigenvalue weighted by Gasteiger charge is -2.39. The number of fused-ring (bicyclic) bond motifs is 1. The molecule has 0 fully saturated rings. The summed E-state index contributed by atoms with van der Waals surface area (Å²) in [5, 5.41) is 1.53. The highest BCUT2D eigenvalue weighted by Gasteiger charge is 2.39. The van der Waals surface area contributed by atoms with Crippen LogP contribution < -0.4 is 10.3 Å². The molecule has 4 nitrogen and oxygen atoms in total. The Kier molecular flexibility index (Phi) is 6.47. The third-order valence-electron chi connectivity index (χ3n) is 5.11. The van der Waals surface area contributed by atoms with E-state index in [1.165, 1.54) is 0 Å². The number of unbranched alkanes of at least 4 members (excludes halogenated alkanes) is 1. The van der Waals surface area contributed by atoms with Crippen molar-refractivity contribution >= 4 is 19.1 Å². The lowest BCUT2D eigenvalue weighted by molar-refractivity contribution is -0.0120. The summed E-state index contributed by atoms with van der Waals surface area (Å²) in [5.74, 6) is 0.655. The first kappa shape index (κ1) is 20.5. The molecule has 0 spiro atoms. The van der Waals surface area contributed by atoms with E-state index in [0.29, 0.717) is 11.1 Å². The number of nitrogens with one attached hydrogen (secondary N) is 1. The summed E-state index contributed by atoms with van der Waals surface area (Å²) in [5.41, 5.74) is -0.110. The smallest absolute Gasteiger partial charge is 0.256 e. The van der Waals surface area contributed by atoms with E-state index in [1.807, 2.05) is 30.3 Å². The van der Waals surface area contributed by atoms with E-state index in [0.717, 1.165) is 24.6 Å². The summed E-state index contributed by atoms with van der Waals surface area (Å²) in [6.45, 7) is 14.9. The first-order chi connectivity index (χ1) is 12.2. The van der Waals surface area contributed by atoms with Crippen molar-refractivity contribution in [3.63, 3.8) is 0 Å². The van der Waals surface area contributed by atoms with Gasteiger partial charge in [0.15, 0.2) is 14.6 Å². The van der Waals surface area contributed by atoms with Crippen molar-refractivity contribution in [3.05, 3.63) is 53.5 Å². The van der Waals surface area contributed by atoms with Crippen LogP contribution in [0.1, 0.15) is 40.0 Å². The normalized spacial score (nSPS) is 13.6. The van der Waals surface area contributed by atoms with Gasteiger partial charge in [-0.1, -0.05) is 45.0 Å². The molecule has 0 aliphatic heterocycles. The van der Waals surface area contributed by atoms with Gasteiger partial charge in [-0.3, -0.25) is 4.79 Å². The molecule has 142 valence electrons. The average Bonchev–Trinajstić information content (AvgIpc) is 2.56. The van der Waals surface area contributed by atoms with Gasteiger partial charge in [0.05, 0.1) is 5.39 Å². The van der Waals surface area contributed by atoms with E-state index in [-0.39, 0.29) is 16.9 Å². The minimum atomic E-state index is -1.98. The number of pyridine rings is 1. The first-order valence-electron chi connectivity index (χ1n) is 9.21. The number of benzene rings is 1. The summed E-state index contributed by atoms with van der Waals surface area (Å²) in [4.78, 5) is 14.8. The van der Waals surface area contributed by atoms with Crippen molar-refractivity contribution < 1.29 is 9.16 Å². The van der Waals surface area contributed by atoms with Gasteiger partial charge in [0.25, 0.3) is 5.56 Å². The van der Waals surface area contributed by atoms with Crippen LogP contribution in [0.25, 0.3) is 10.8 Å². The van der Waals surface area contributed by atoms with Crippen LogP contribution in [0, 0.1) is 0 Å². The first-order valence-corrected chi connectivity index (χ1v) is 12.1. The monoisotopic (exact) mass is 373 g/mol. The molecule has 26 heavy (non-hydrogen) atoms. The van der Waals surface area contributed by atoms with Crippen molar-refractivity contribution in [1.29, 1.82) is 0 Å². The summed E-state index contributed by atoms with van der Waals surface area (Å²) < 4.78 is 12.8. The molecule has 1 aromatic heterocycles. The molecule has 0 aliphatic rings. The number of aromatic nitrogens is 1. The van der Waals surface area contributed by atoms with E-state index in [4.69, 9.17) is 9.16 Å². The van der Waals surface area contributed by atoms with Gasteiger partial charge in [0.1, 0.15) is 5.75 Å². The quantitative estimate of drug-likeness (QED) is 0.283. The second-order valence-electron chi connectivity index (χ2n) is 8.17. The Balaban J connectivity index is 2.31. The molecule has 1 aromatic carbocycles. The summed E-state index contributed by atoms with van der Waals surface area (Å²) in [7, 11) is -1.98. The Labute approximate surface area is 157 Å². The predicted octanol–water partition coefficient (Wildman–Crippen LogP) is 5.61. The summed E-state index contributed by atoms with van der Waals surface area (Å²) in [6, 6.07) is 7.49. The third kappa shape index (κ3) is 4.86. The number of allylic oxidation sites excluding steroid dienone is 1. The Bertz CT molecular complexity index is 805. The van der Waals surface area contributed by atoms with Crippen molar-refractivity contribution in [1.82, 2.24) is 4.98 Å². The molecular weight excluding hydrogens is 342 g/mol. The number of aromatic amines is 1. The Morgan fingerprint density at radius 2 is 1.88 bits per heavy atom. The molecule has 0 amide bonds. The number of hydrogen-bond acceptors (Lipinski definition) is 3. The predicted molar refractivity (Wildman–Crippen MR) is 111 cm³/mol. The summed E-state index contributed by atoms with van der Waals surface area (Å²) in [6.07, 6.45) is 5.87. The molecule has 0 saturated heterocycles. The van der Waals surface area contributed by atoms with Crippen LogP contribution in [0.2, 0.25) is 18.1 Å². The topological polar surface area (TPSA) is 51.3 Å². The Morgan fingerprint density at radius 3 is 2.50 bits per heavy atom. The zero-order chi connectivity index (χ0) is 19.4. The van der Waals surface area contributed by atoms with Gasteiger partial charge in [0.2, 0.25) is 0 Å². The average molecular weight is 374 g/mol. The van der Waals surface area contributed by atoms with Gasteiger partial charge < -0.3 is 14.1 Å². The molecule has 1 N–H and O–H groups in total. The summed E-state index contributed by atoms with van der Waals surface area (Å²) >= 11 is 0. The van der Waals surface area contributed by atoms with E-state index in [1.54, 1.807) is 6.20 Å². The molecule has 5 heteroatoms. The fraction of sp³-hybridized carbons (Fsp3) is 0.476. The van der Waals surface area contributed by atoms with Gasteiger partial charge in [-0.25, -0.2) is 0 Å². The Morgan fingerprint density at radius 1 is 1.23 bits per heavy atom. The molecule has 0 unspecified atom stereocenters. The van der Waals surface area contributed by atoms with E-state index < -0.39 is 8.32 Å². The van der Waals surface area contributed by atoms with Gasteiger partial charge in [-0.05, 0) is 37.0 Å². The number of hydrogen-bond donors (Lipinski definition) is 1. The maximum Gasteiger partial charge on any atom is 0.256 e. The number of H-pyrrole nitrogens is 1. The van der Waals surface area contributed by atoms with Crippen molar-refractivity contribution in [2.45, 2.75) is 64.5 Å². The van der Waals surface area contributed by atoms with Crippen LogP contribution >= 0.6 is 0 Å². The van der Waals surface area contributed by atoms with Crippen LogP contribution in [0.3, 0.4) is 0 Å². The molecule has 0 saturated carbocycles. The third-order valence-corrected chi connectivity index (χ3v) is 9.57. The molecule has 2 aromatic rings. The SMILES string of the molecule is C=CCCC[C@H](Oc1c[nH]c(=O)c2ccccc12)O[Si](C)(C)C(C)(C)C. The number of rotatable bonds is 8. The zero-order valence-corrected chi connectivity index (χ0v) is 17.6. The highest BCUT2D eigenvalue weighted by atomic mass is 28.4. The standard InChI is InChI=1S/C21H31NO3Si/c1-7-8-9-14-19(25-26(5,6)21(2,3)4)24-18-15-22-20(23)17-13-11-10-12-16(17)18/h7,10-13,15,19H,1,8-9,14H2,2-6H3,(H,22,23)/t19-/m1/s1. The highest BCUT2D eigenvalue weighted by molar-refractivity contribution is 6.74. The van der Waals surface area contributed by atoms with Crippen LogP contribution in [-0.2, 0) is 4.43 Å². The van der Waals surface area contributed by atoms with Gasteiger partial charge in [-0.15, -0.1) is 6.58 Å². The van der Waals surface area contributed by atoms with E-state index >= 15 is 0 Å². The fourth-order valence-corrected chi connectivity index (χ4v) is 3.67. The molecule has 0 radical (unpaired) electrons. The maximum atomic E-state index is 12.0. The van der Waals surface area contributed by atoms with Gasteiger partial charge in [-0.2, -0.15) is 0 Å². The Hall–Kier alpha value is -1.85. The molecule has 0 bridgehead atoms. The lowest BCUT2D eigenvalue weighted by atomic mass is 10.1. The maximum absolute atomic E-state index is 12.0. The second kappa shape index (κ2) is 8.23. The van der Waals surface area contributed by atoms with E-state index in [2.05, 4.69) is 45.4 Å². The van der Waals surface area contributed by atoms with Crippen LogP contribution in [0.5, 0.6) is 5.75 Å². The second-order valence-corrected chi connectivity index (χ2v) is 12.9. The minimum absolute atomic E-state index is 0.0973. The molecule has 1 heterocycles. The molecule has 0 aliphatic carbocycles. The fourth-order valence-electron chi connectivity index (χ4n) is 2.50. The number of ether oxygens (including phenoxy) is 1. The largest absolute Gasteiger partial charge is 0.464 e. The minimum Gasteiger partial charge on any atom is -0.464 e. The van der Waals surface area contributed by atoms with Crippen molar-refractivity contribution in [2.75, 3.05) is 0 Å².